The van der Waals surface area contributed by atoms with E-state index in [1.165, 1.54) is 19.2 Å². The number of hydrogen-bond donors (Lipinski definition) is 4. The summed E-state index contributed by atoms with van der Waals surface area (Å²) in [5.41, 5.74) is 5.60. The lowest BCUT2D eigenvalue weighted by molar-refractivity contribution is 0.0600. The first-order valence-electron chi connectivity index (χ1n) is 5.58. The van der Waals surface area contributed by atoms with Gasteiger partial charge in [0.1, 0.15) is 4.90 Å². The normalized spacial score (nSPS) is 12.9. The number of anilines is 1. The first kappa shape index (κ1) is 16.4. The molecule has 5 N–H and O–H groups in total. The number of nitrogens with two attached hydrogens (primary N) is 1. The maximum atomic E-state index is 11.9. The zero-order chi connectivity index (χ0) is 15.3. The monoisotopic (exact) mass is 304 g/mol. The van der Waals surface area contributed by atoms with Gasteiger partial charge in [-0.25, -0.2) is 17.9 Å². The summed E-state index contributed by atoms with van der Waals surface area (Å²) in [4.78, 5) is 11.1. The number of carbonyl (C=O) groups excluding carboxylic acids is 1. The molecule has 0 amide bonds. The molecule has 1 aromatic carbocycles. The number of methoxy groups -OCH3 is 1. The van der Waals surface area contributed by atoms with Crippen molar-refractivity contribution in [1.29, 1.82) is 0 Å². The average Bonchev–Trinajstić information content (AvgIpc) is 2.43. The molecular weight excluding hydrogens is 288 g/mol. The summed E-state index contributed by atoms with van der Waals surface area (Å²) < 4.78 is 30.4. The number of benzene rings is 1. The fraction of sp³-hybridized carbons (Fsp3) is 0.364. The number of rotatable bonds is 6. The summed E-state index contributed by atoms with van der Waals surface area (Å²) in [6, 6.07) is 3.61. The third-order valence-electron chi connectivity index (χ3n) is 2.44. The van der Waals surface area contributed by atoms with Gasteiger partial charge in [-0.05, 0) is 18.2 Å². The summed E-state index contributed by atoms with van der Waals surface area (Å²) in [6.07, 6.45) is -1.21. The highest BCUT2D eigenvalue weighted by molar-refractivity contribution is 7.89. The SMILES string of the molecule is COC(=O)c1ccc(S(=O)(=O)NCC(O)CO)c(N)c1. The van der Waals surface area contributed by atoms with Gasteiger partial charge in [-0.2, -0.15) is 0 Å². The fourth-order valence-corrected chi connectivity index (χ4v) is 2.57. The molecule has 20 heavy (non-hydrogen) atoms. The molecule has 0 spiro atoms. The summed E-state index contributed by atoms with van der Waals surface area (Å²) in [5, 5.41) is 17.7. The van der Waals surface area contributed by atoms with Crippen LogP contribution in [0.3, 0.4) is 0 Å². The van der Waals surface area contributed by atoms with Gasteiger partial charge in [-0.15, -0.1) is 0 Å². The molecular formula is C11H16N2O6S. The van der Waals surface area contributed by atoms with E-state index in [9.17, 15) is 13.2 Å². The zero-order valence-electron chi connectivity index (χ0n) is 10.7. The molecule has 112 valence electrons. The number of hydrogen-bond acceptors (Lipinski definition) is 7. The second-order valence-electron chi connectivity index (χ2n) is 3.93. The van der Waals surface area contributed by atoms with Gasteiger partial charge in [-0.1, -0.05) is 0 Å². The quantitative estimate of drug-likeness (QED) is 0.378. The molecule has 0 aliphatic heterocycles. The Morgan fingerprint density at radius 2 is 2.15 bits per heavy atom. The van der Waals surface area contributed by atoms with Crippen LogP contribution in [0.2, 0.25) is 0 Å². The van der Waals surface area contributed by atoms with Crippen LogP contribution in [0.15, 0.2) is 23.1 Å². The van der Waals surface area contributed by atoms with Crippen LogP contribution in [0.4, 0.5) is 5.69 Å². The number of aliphatic hydroxyl groups is 2. The number of nitrogens with one attached hydrogen (secondary N) is 1. The second kappa shape index (κ2) is 6.66. The van der Waals surface area contributed by atoms with E-state index in [1.54, 1.807) is 0 Å². The van der Waals surface area contributed by atoms with Crippen LogP contribution in [0.25, 0.3) is 0 Å². The Morgan fingerprint density at radius 3 is 2.65 bits per heavy atom. The van der Waals surface area contributed by atoms with E-state index < -0.39 is 28.7 Å². The Labute approximate surface area is 116 Å². The maximum Gasteiger partial charge on any atom is 0.337 e. The standard InChI is InChI=1S/C11H16N2O6S/c1-19-11(16)7-2-3-10(9(12)4-7)20(17,18)13-5-8(15)6-14/h2-4,8,13-15H,5-6,12H2,1H3. The van der Waals surface area contributed by atoms with Crippen molar-refractivity contribution < 1.29 is 28.2 Å². The Bertz CT molecular complexity index is 587. The maximum absolute atomic E-state index is 11.9. The van der Waals surface area contributed by atoms with Gasteiger partial charge < -0.3 is 20.7 Å². The molecule has 0 radical (unpaired) electrons. The molecule has 1 rings (SSSR count). The Balaban J connectivity index is 2.99. The van der Waals surface area contributed by atoms with E-state index in [4.69, 9.17) is 15.9 Å². The second-order valence-corrected chi connectivity index (χ2v) is 5.67. The molecule has 1 aromatic rings. The molecule has 0 aliphatic rings. The lowest BCUT2D eigenvalue weighted by Crippen LogP contribution is -2.34. The summed E-state index contributed by atoms with van der Waals surface area (Å²) in [5.74, 6) is -0.635. The first-order chi connectivity index (χ1) is 9.31. The third-order valence-corrected chi connectivity index (χ3v) is 3.94. The number of esters is 1. The van der Waals surface area contributed by atoms with Crippen molar-refractivity contribution >= 4 is 21.7 Å². The predicted molar refractivity (Wildman–Crippen MR) is 70.5 cm³/mol. The lowest BCUT2D eigenvalue weighted by atomic mass is 10.2. The number of nitrogen functional groups attached to an aromatic ring is 1. The Kier molecular flexibility index (Phi) is 5.45. The Hall–Kier alpha value is -1.68. The number of carbonyl (C=O) groups is 1. The molecule has 0 heterocycles. The Morgan fingerprint density at radius 1 is 1.50 bits per heavy atom. The van der Waals surface area contributed by atoms with E-state index >= 15 is 0 Å². The summed E-state index contributed by atoms with van der Waals surface area (Å²) in [7, 11) is -2.75. The van der Waals surface area contributed by atoms with Crippen molar-refractivity contribution in [3.8, 4) is 0 Å². The lowest BCUT2D eigenvalue weighted by Gasteiger charge is -2.12. The van der Waals surface area contributed by atoms with Crippen molar-refractivity contribution in [2.75, 3.05) is 26.0 Å². The van der Waals surface area contributed by atoms with E-state index in [-0.39, 0.29) is 22.7 Å². The van der Waals surface area contributed by atoms with Gasteiger partial charge >= 0.3 is 5.97 Å². The third kappa shape index (κ3) is 3.90. The first-order valence-corrected chi connectivity index (χ1v) is 7.06. The van der Waals surface area contributed by atoms with E-state index in [0.717, 1.165) is 6.07 Å². The van der Waals surface area contributed by atoms with Gasteiger partial charge in [-0.3, -0.25) is 0 Å². The number of aliphatic hydroxyl groups excluding tert-OH is 2. The molecule has 0 aromatic heterocycles. The van der Waals surface area contributed by atoms with Crippen molar-refractivity contribution in [2.24, 2.45) is 0 Å². The van der Waals surface area contributed by atoms with Crippen LogP contribution < -0.4 is 10.5 Å². The molecule has 0 bridgehead atoms. The molecule has 0 fully saturated rings. The highest BCUT2D eigenvalue weighted by Gasteiger charge is 2.20. The van der Waals surface area contributed by atoms with Crippen LogP contribution >= 0.6 is 0 Å². The summed E-state index contributed by atoms with van der Waals surface area (Å²) >= 11 is 0. The molecule has 0 saturated heterocycles. The predicted octanol–water partition coefficient (Wildman–Crippen LogP) is -1.31. The van der Waals surface area contributed by atoms with E-state index in [0.29, 0.717) is 0 Å². The van der Waals surface area contributed by atoms with Gasteiger partial charge in [0.15, 0.2) is 0 Å². The van der Waals surface area contributed by atoms with Crippen LogP contribution in [0, 0.1) is 0 Å². The highest BCUT2D eigenvalue weighted by atomic mass is 32.2. The van der Waals surface area contributed by atoms with E-state index in [1.807, 2.05) is 0 Å². The molecule has 8 nitrogen and oxygen atoms in total. The number of sulfonamides is 1. The minimum absolute atomic E-state index is 0.124. The van der Waals surface area contributed by atoms with E-state index in [2.05, 4.69) is 9.46 Å². The van der Waals surface area contributed by atoms with Gasteiger partial charge in [0.2, 0.25) is 10.0 Å². The van der Waals surface area contributed by atoms with Crippen molar-refractivity contribution in [2.45, 2.75) is 11.0 Å². The van der Waals surface area contributed by atoms with Crippen LogP contribution in [-0.4, -0.2) is 51.0 Å². The molecule has 1 atom stereocenters. The van der Waals surface area contributed by atoms with Crippen LogP contribution in [-0.2, 0) is 14.8 Å². The highest BCUT2D eigenvalue weighted by Crippen LogP contribution is 2.20. The minimum atomic E-state index is -3.94. The smallest absolute Gasteiger partial charge is 0.337 e. The number of ether oxygens (including phenoxy) is 1. The van der Waals surface area contributed by atoms with Crippen LogP contribution in [0.5, 0.6) is 0 Å². The van der Waals surface area contributed by atoms with Gasteiger partial charge in [0.05, 0.1) is 31.1 Å². The molecule has 0 aliphatic carbocycles. The zero-order valence-corrected chi connectivity index (χ0v) is 11.6. The van der Waals surface area contributed by atoms with Crippen molar-refractivity contribution in [3.05, 3.63) is 23.8 Å². The minimum Gasteiger partial charge on any atom is -0.465 e. The molecule has 9 heteroatoms. The van der Waals surface area contributed by atoms with Gasteiger partial charge in [0.25, 0.3) is 0 Å². The summed E-state index contributed by atoms with van der Waals surface area (Å²) in [6.45, 7) is -0.920. The van der Waals surface area contributed by atoms with Gasteiger partial charge in [0, 0.05) is 6.54 Å². The van der Waals surface area contributed by atoms with Crippen LogP contribution in [0.1, 0.15) is 10.4 Å². The molecule has 0 saturated carbocycles. The average molecular weight is 304 g/mol. The van der Waals surface area contributed by atoms with Crippen molar-refractivity contribution in [1.82, 2.24) is 4.72 Å². The van der Waals surface area contributed by atoms with Crippen molar-refractivity contribution in [3.63, 3.8) is 0 Å². The fourth-order valence-electron chi connectivity index (χ4n) is 1.39. The largest absolute Gasteiger partial charge is 0.465 e. The molecule has 1 unspecified atom stereocenters. The topological polar surface area (TPSA) is 139 Å².